The number of rotatable bonds is 3. The molecule has 0 aliphatic carbocycles. The Morgan fingerprint density at radius 3 is 3.07 bits per heavy atom. The number of anilines is 1. The molecule has 0 unspecified atom stereocenters. The first-order valence-corrected chi connectivity index (χ1v) is 5.73. The van der Waals surface area contributed by atoms with Crippen LogP contribution in [0.1, 0.15) is 0 Å². The monoisotopic (exact) mass is 227 g/mol. The SMILES string of the molecule is O=C(CNc1nccs1)N1CCOCC1. The number of carbonyl (C=O) groups is 1. The minimum Gasteiger partial charge on any atom is -0.378 e. The van der Waals surface area contributed by atoms with Crippen molar-refractivity contribution in [1.82, 2.24) is 9.88 Å². The molecule has 6 heteroatoms. The van der Waals surface area contributed by atoms with E-state index in [1.807, 2.05) is 10.3 Å². The van der Waals surface area contributed by atoms with Gasteiger partial charge in [0.2, 0.25) is 5.91 Å². The molecule has 1 saturated heterocycles. The molecule has 2 heterocycles. The van der Waals surface area contributed by atoms with E-state index in [4.69, 9.17) is 4.74 Å². The van der Waals surface area contributed by atoms with Crippen molar-refractivity contribution in [3.05, 3.63) is 11.6 Å². The maximum Gasteiger partial charge on any atom is 0.242 e. The van der Waals surface area contributed by atoms with Gasteiger partial charge >= 0.3 is 0 Å². The summed E-state index contributed by atoms with van der Waals surface area (Å²) in [6, 6.07) is 0. The van der Waals surface area contributed by atoms with E-state index in [1.54, 1.807) is 6.20 Å². The highest BCUT2D eigenvalue weighted by Gasteiger charge is 2.16. The Labute approximate surface area is 92.1 Å². The lowest BCUT2D eigenvalue weighted by atomic mass is 10.4. The van der Waals surface area contributed by atoms with Crippen molar-refractivity contribution in [2.45, 2.75) is 0 Å². The molecule has 2 rings (SSSR count). The molecule has 0 saturated carbocycles. The Balaban J connectivity index is 1.76. The van der Waals surface area contributed by atoms with Crippen LogP contribution in [0.2, 0.25) is 0 Å². The van der Waals surface area contributed by atoms with E-state index in [2.05, 4.69) is 10.3 Å². The van der Waals surface area contributed by atoms with E-state index in [9.17, 15) is 4.79 Å². The summed E-state index contributed by atoms with van der Waals surface area (Å²) in [6.07, 6.45) is 1.71. The zero-order chi connectivity index (χ0) is 10.5. The Hall–Kier alpha value is -1.14. The van der Waals surface area contributed by atoms with Crippen LogP contribution in [-0.4, -0.2) is 48.6 Å². The summed E-state index contributed by atoms with van der Waals surface area (Å²) in [5.41, 5.74) is 0. The van der Waals surface area contributed by atoms with E-state index in [-0.39, 0.29) is 5.91 Å². The predicted molar refractivity (Wildman–Crippen MR) is 58.0 cm³/mol. The number of thiazole rings is 1. The molecule has 1 aromatic heterocycles. The van der Waals surface area contributed by atoms with Gasteiger partial charge in [0.25, 0.3) is 0 Å². The predicted octanol–water partition coefficient (Wildman–Crippen LogP) is 0.414. The third-order valence-corrected chi connectivity index (χ3v) is 2.92. The van der Waals surface area contributed by atoms with Crippen LogP contribution in [0.15, 0.2) is 11.6 Å². The fourth-order valence-corrected chi connectivity index (χ4v) is 1.91. The van der Waals surface area contributed by atoms with Gasteiger partial charge in [-0.15, -0.1) is 11.3 Å². The van der Waals surface area contributed by atoms with E-state index >= 15 is 0 Å². The maximum absolute atomic E-state index is 11.7. The van der Waals surface area contributed by atoms with Crippen molar-refractivity contribution >= 4 is 22.4 Å². The number of hydrogen-bond donors (Lipinski definition) is 1. The lowest BCUT2D eigenvalue weighted by molar-refractivity contribution is -0.133. The first-order valence-electron chi connectivity index (χ1n) is 4.85. The van der Waals surface area contributed by atoms with Crippen LogP contribution in [0.3, 0.4) is 0 Å². The highest BCUT2D eigenvalue weighted by atomic mass is 32.1. The molecule has 5 nitrogen and oxygen atoms in total. The van der Waals surface area contributed by atoms with Crippen LogP contribution in [0, 0.1) is 0 Å². The lowest BCUT2D eigenvalue weighted by Crippen LogP contribution is -2.43. The zero-order valence-corrected chi connectivity index (χ0v) is 9.13. The van der Waals surface area contributed by atoms with E-state index in [1.165, 1.54) is 11.3 Å². The van der Waals surface area contributed by atoms with Gasteiger partial charge in [-0.05, 0) is 0 Å². The molecule has 1 aliphatic heterocycles. The summed E-state index contributed by atoms with van der Waals surface area (Å²) >= 11 is 1.49. The molecule has 1 N–H and O–H groups in total. The van der Waals surface area contributed by atoms with Gasteiger partial charge in [-0.25, -0.2) is 4.98 Å². The molecule has 0 spiro atoms. The summed E-state index contributed by atoms with van der Waals surface area (Å²) in [5.74, 6) is 0.105. The topological polar surface area (TPSA) is 54.5 Å². The lowest BCUT2D eigenvalue weighted by Gasteiger charge is -2.26. The van der Waals surface area contributed by atoms with Crippen LogP contribution in [0.4, 0.5) is 5.13 Å². The van der Waals surface area contributed by atoms with E-state index in [0.717, 1.165) is 5.13 Å². The van der Waals surface area contributed by atoms with Crippen molar-refractivity contribution < 1.29 is 9.53 Å². The van der Waals surface area contributed by atoms with Gasteiger partial charge < -0.3 is 15.0 Å². The van der Waals surface area contributed by atoms with Crippen molar-refractivity contribution in [3.63, 3.8) is 0 Å². The van der Waals surface area contributed by atoms with Gasteiger partial charge in [0.15, 0.2) is 5.13 Å². The number of morpholine rings is 1. The molecule has 0 radical (unpaired) electrons. The third kappa shape index (κ3) is 2.90. The van der Waals surface area contributed by atoms with Crippen molar-refractivity contribution in [2.24, 2.45) is 0 Å². The summed E-state index contributed by atoms with van der Waals surface area (Å²) in [7, 11) is 0. The highest BCUT2D eigenvalue weighted by Crippen LogP contribution is 2.09. The molecule has 1 aliphatic rings. The summed E-state index contributed by atoms with van der Waals surface area (Å²) in [4.78, 5) is 17.5. The second-order valence-electron chi connectivity index (χ2n) is 3.18. The Kier molecular flexibility index (Phi) is 3.52. The molecule has 1 fully saturated rings. The second kappa shape index (κ2) is 5.09. The largest absolute Gasteiger partial charge is 0.378 e. The molecule has 0 atom stereocenters. The Morgan fingerprint density at radius 2 is 2.40 bits per heavy atom. The highest BCUT2D eigenvalue weighted by molar-refractivity contribution is 7.13. The number of carbonyl (C=O) groups excluding carboxylic acids is 1. The van der Waals surface area contributed by atoms with Gasteiger partial charge in [0, 0.05) is 24.7 Å². The zero-order valence-electron chi connectivity index (χ0n) is 8.31. The van der Waals surface area contributed by atoms with Crippen molar-refractivity contribution in [2.75, 3.05) is 38.2 Å². The smallest absolute Gasteiger partial charge is 0.242 e. The van der Waals surface area contributed by atoms with Gasteiger partial charge in [-0.2, -0.15) is 0 Å². The van der Waals surface area contributed by atoms with Crippen LogP contribution in [0.25, 0.3) is 0 Å². The number of nitrogens with zero attached hydrogens (tertiary/aromatic N) is 2. The van der Waals surface area contributed by atoms with E-state index < -0.39 is 0 Å². The van der Waals surface area contributed by atoms with Crippen LogP contribution >= 0.6 is 11.3 Å². The molecular weight excluding hydrogens is 214 g/mol. The first-order chi connectivity index (χ1) is 7.36. The summed E-state index contributed by atoms with van der Waals surface area (Å²) in [6.45, 7) is 2.98. The van der Waals surface area contributed by atoms with Gasteiger partial charge in [0.05, 0.1) is 19.8 Å². The standard InChI is InChI=1S/C9H13N3O2S/c13-8(12-2-4-14-5-3-12)7-11-9-10-1-6-15-9/h1,6H,2-5,7H2,(H,10,11). The molecule has 15 heavy (non-hydrogen) atoms. The molecule has 0 aromatic carbocycles. The van der Waals surface area contributed by atoms with Crippen molar-refractivity contribution in [3.8, 4) is 0 Å². The van der Waals surface area contributed by atoms with Gasteiger partial charge in [0.1, 0.15) is 0 Å². The minimum absolute atomic E-state index is 0.105. The quantitative estimate of drug-likeness (QED) is 0.813. The Morgan fingerprint density at radius 1 is 1.60 bits per heavy atom. The molecule has 1 aromatic rings. The average molecular weight is 227 g/mol. The number of nitrogens with one attached hydrogen (secondary N) is 1. The number of hydrogen-bond acceptors (Lipinski definition) is 5. The number of aromatic nitrogens is 1. The molecule has 0 bridgehead atoms. The second-order valence-corrected chi connectivity index (χ2v) is 4.08. The Bertz CT molecular complexity index is 309. The number of ether oxygens (including phenoxy) is 1. The minimum atomic E-state index is 0.105. The summed E-state index contributed by atoms with van der Waals surface area (Å²) < 4.78 is 5.18. The van der Waals surface area contributed by atoms with Crippen LogP contribution in [0.5, 0.6) is 0 Å². The molecule has 82 valence electrons. The number of amides is 1. The normalized spacial score (nSPS) is 16.4. The third-order valence-electron chi connectivity index (χ3n) is 2.19. The van der Waals surface area contributed by atoms with E-state index in [0.29, 0.717) is 32.8 Å². The first kappa shape index (κ1) is 10.4. The van der Waals surface area contributed by atoms with Crippen LogP contribution < -0.4 is 5.32 Å². The molecular formula is C9H13N3O2S. The maximum atomic E-state index is 11.7. The molecule has 1 amide bonds. The fourth-order valence-electron chi connectivity index (χ4n) is 1.39. The van der Waals surface area contributed by atoms with Crippen molar-refractivity contribution in [1.29, 1.82) is 0 Å². The van der Waals surface area contributed by atoms with Gasteiger partial charge in [-0.3, -0.25) is 4.79 Å². The fraction of sp³-hybridized carbons (Fsp3) is 0.556. The van der Waals surface area contributed by atoms with Crippen LogP contribution in [-0.2, 0) is 9.53 Å². The summed E-state index contributed by atoms with van der Waals surface area (Å²) in [5, 5.41) is 5.66. The average Bonchev–Trinajstić information content (AvgIpc) is 2.80. The van der Waals surface area contributed by atoms with Gasteiger partial charge in [-0.1, -0.05) is 0 Å².